The number of hydrogen-bond donors (Lipinski definition) is 2. The molecule has 2 N–H and O–H groups in total. The lowest BCUT2D eigenvalue weighted by Crippen LogP contribution is -2.35. The number of anilines is 1. The number of nitrogens with zero attached hydrogens (tertiary/aromatic N) is 1. The van der Waals surface area contributed by atoms with Gasteiger partial charge in [0.2, 0.25) is 0 Å². The second-order valence-corrected chi connectivity index (χ2v) is 3.68. The summed E-state index contributed by atoms with van der Waals surface area (Å²) in [5.74, 6) is 0.492. The summed E-state index contributed by atoms with van der Waals surface area (Å²) in [4.78, 5) is 16.0. The molecule has 1 atom stereocenters. The summed E-state index contributed by atoms with van der Waals surface area (Å²) in [6, 6.07) is 3.63. The Hall–Kier alpha value is -1.62. The third-order valence-electron chi connectivity index (χ3n) is 2.55. The van der Waals surface area contributed by atoms with Crippen molar-refractivity contribution in [3.63, 3.8) is 0 Å². The molecule has 16 heavy (non-hydrogen) atoms. The van der Waals surface area contributed by atoms with E-state index in [0.717, 1.165) is 13.0 Å². The molecule has 0 radical (unpaired) electrons. The maximum Gasteiger partial charge on any atom is 0.255 e. The summed E-state index contributed by atoms with van der Waals surface area (Å²) in [7, 11) is 1.75. The van der Waals surface area contributed by atoms with Gasteiger partial charge in [0, 0.05) is 19.9 Å². The fourth-order valence-corrected chi connectivity index (χ4v) is 1.70. The van der Waals surface area contributed by atoms with E-state index in [-0.39, 0.29) is 11.9 Å². The molecule has 2 rings (SSSR count). The predicted octanol–water partition coefficient (Wildman–Crippen LogP) is 0.642. The topological polar surface area (TPSA) is 63.2 Å². The molecule has 0 saturated carbocycles. The minimum Gasteiger partial charge on any atom is -0.379 e. The van der Waals surface area contributed by atoms with Crippen LogP contribution in [0, 0.1) is 0 Å². The molecule has 5 nitrogen and oxygen atoms in total. The third-order valence-corrected chi connectivity index (χ3v) is 2.55. The van der Waals surface area contributed by atoms with Gasteiger partial charge in [0.05, 0.1) is 18.2 Å². The molecule has 2 heterocycles. The van der Waals surface area contributed by atoms with Crippen LogP contribution in [-0.4, -0.2) is 37.2 Å². The first-order valence-electron chi connectivity index (χ1n) is 5.32. The van der Waals surface area contributed by atoms with Crippen molar-refractivity contribution in [2.75, 3.05) is 25.6 Å². The van der Waals surface area contributed by atoms with Crippen molar-refractivity contribution in [2.24, 2.45) is 0 Å². The molecule has 86 valence electrons. The molecule has 1 saturated heterocycles. The Kier molecular flexibility index (Phi) is 3.36. The lowest BCUT2D eigenvalue weighted by Gasteiger charge is -2.12. The Labute approximate surface area is 94.2 Å². The standard InChI is InChI=1S/C11H15N3O2/c1-12-10-9(3-2-5-13-10)11(15)14-8-4-6-16-7-8/h2-3,5,8H,4,6-7H2,1H3,(H,12,13)(H,14,15). The normalized spacial score (nSPS) is 19.4. The van der Waals surface area contributed by atoms with Crippen molar-refractivity contribution in [3.05, 3.63) is 23.9 Å². The van der Waals surface area contributed by atoms with Crippen LogP contribution in [0.3, 0.4) is 0 Å². The third kappa shape index (κ3) is 2.30. The van der Waals surface area contributed by atoms with E-state index < -0.39 is 0 Å². The van der Waals surface area contributed by atoms with Crippen LogP contribution >= 0.6 is 0 Å². The fourth-order valence-electron chi connectivity index (χ4n) is 1.70. The van der Waals surface area contributed by atoms with Gasteiger partial charge < -0.3 is 15.4 Å². The van der Waals surface area contributed by atoms with E-state index in [4.69, 9.17) is 4.74 Å². The highest BCUT2D eigenvalue weighted by Crippen LogP contribution is 2.12. The van der Waals surface area contributed by atoms with Gasteiger partial charge in [-0.25, -0.2) is 4.98 Å². The Balaban J connectivity index is 2.07. The summed E-state index contributed by atoms with van der Waals surface area (Å²) in [6.45, 7) is 1.32. The number of rotatable bonds is 3. The number of carbonyl (C=O) groups is 1. The molecule has 1 fully saturated rings. The molecule has 5 heteroatoms. The lowest BCUT2D eigenvalue weighted by molar-refractivity contribution is 0.0930. The molecule has 1 aliphatic heterocycles. The molecular weight excluding hydrogens is 206 g/mol. The van der Waals surface area contributed by atoms with Gasteiger partial charge in [-0.2, -0.15) is 0 Å². The average molecular weight is 221 g/mol. The summed E-state index contributed by atoms with van der Waals surface area (Å²) in [6.07, 6.45) is 2.53. The molecule has 1 aromatic rings. The first kappa shape index (κ1) is 10.9. The number of amides is 1. The summed E-state index contributed by atoms with van der Waals surface area (Å²) in [5.41, 5.74) is 0.567. The van der Waals surface area contributed by atoms with Gasteiger partial charge >= 0.3 is 0 Å². The van der Waals surface area contributed by atoms with Gasteiger partial charge in [0.25, 0.3) is 5.91 Å². The molecule has 1 aromatic heterocycles. The van der Waals surface area contributed by atoms with E-state index in [9.17, 15) is 4.79 Å². The number of pyridine rings is 1. The monoisotopic (exact) mass is 221 g/mol. The second-order valence-electron chi connectivity index (χ2n) is 3.68. The van der Waals surface area contributed by atoms with Crippen molar-refractivity contribution in [1.82, 2.24) is 10.3 Å². The van der Waals surface area contributed by atoms with Gasteiger partial charge in [0.15, 0.2) is 0 Å². The van der Waals surface area contributed by atoms with E-state index in [0.29, 0.717) is 18.0 Å². The molecule has 1 amide bonds. The number of ether oxygens (including phenoxy) is 1. The zero-order valence-electron chi connectivity index (χ0n) is 9.19. The average Bonchev–Trinajstić information content (AvgIpc) is 2.81. The Bertz CT molecular complexity index is 375. The van der Waals surface area contributed by atoms with Crippen LogP contribution in [0.25, 0.3) is 0 Å². The SMILES string of the molecule is CNc1ncccc1C(=O)NC1CCOC1. The van der Waals surface area contributed by atoms with E-state index in [1.54, 1.807) is 25.4 Å². The number of nitrogens with one attached hydrogen (secondary N) is 2. The van der Waals surface area contributed by atoms with Crippen molar-refractivity contribution in [1.29, 1.82) is 0 Å². The predicted molar refractivity (Wildman–Crippen MR) is 60.5 cm³/mol. The molecule has 0 bridgehead atoms. The van der Waals surface area contributed by atoms with E-state index >= 15 is 0 Å². The van der Waals surface area contributed by atoms with Crippen LogP contribution in [-0.2, 0) is 4.74 Å². The van der Waals surface area contributed by atoms with E-state index in [1.807, 2.05) is 0 Å². The second kappa shape index (κ2) is 4.94. The van der Waals surface area contributed by atoms with Crippen LogP contribution in [0.5, 0.6) is 0 Å². The maximum absolute atomic E-state index is 11.9. The minimum absolute atomic E-state index is 0.104. The zero-order valence-corrected chi connectivity index (χ0v) is 9.19. The fraction of sp³-hybridized carbons (Fsp3) is 0.455. The zero-order chi connectivity index (χ0) is 11.4. The highest BCUT2D eigenvalue weighted by Gasteiger charge is 2.20. The van der Waals surface area contributed by atoms with Crippen molar-refractivity contribution in [2.45, 2.75) is 12.5 Å². The minimum atomic E-state index is -0.104. The Morgan fingerprint density at radius 2 is 2.50 bits per heavy atom. The van der Waals surface area contributed by atoms with Gasteiger partial charge in [-0.15, -0.1) is 0 Å². The number of hydrogen-bond acceptors (Lipinski definition) is 4. The first-order chi connectivity index (χ1) is 7.81. The summed E-state index contributed by atoms with van der Waals surface area (Å²) >= 11 is 0. The molecule has 1 unspecified atom stereocenters. The van der Waals surface area contributed by atoms with Crippen molar-refractivity contribution in [3.8, 4) is 0 Å². The Morgan fingerprint density at radius 1 is 1.62 bits per heavy atom. The quantitative estimate of drug-likeness (QED) is 0.786. The molecule has 0 spiro atoms. The van der Waals surface area contributed by atoms with E-state index in [2.05, 4.69) is 15.6 Å². The van der Waals surface area contributed by atoms with Gasteiger partial charge in [-0.05, 0) is 18.6 Å². The van der Waals surface area contributed by atoms with Crippen LogP contribution in [0.4, 0.5) is 5.82 Å². The first-order valence-corrected chi connectivity index (χ1v) is 5.32. The van der Waals surface area contributed by atoms with Crippen LogP contribution in [0.1, 0.15) is 16.8 Å². The Morgan fingerprint density at radius 3 is 3.19 bits per heavy atom. The lowest BCUT2D eigenvalue weighted by atomic mass is 10.2. The summed E-state index contributed by atoms with van der Waals surface area (Å²) in [5, 5.41) is 5.82. The van der Waals surface area contributed by atoms with Crippen molar-refractivity contribution >= 4 is 11.7 Å². The smallest absolute Gasteiger partial charge is 0.255 e. The molecule has 1 aliphatic rings. The summed E-state index contributed by atoms with van der Waals surface area (Å²) < 4.78 is 5.20. The number of carbonyl (C=O) groups excluding carboxylic acids is 1. The molecule has 0 aromatic carbocycles. The van der Waals surface area contributed by atoms with Gasteiger partial charge in [-0.1, -0.05) is 0 Å². The van der Waals surface area contributed by atoms with Crippen LogP contribution in [0.2, 0.25) is 0 Å². The van der Waals surface area contributed by atoms with Crippen molar-refractivity contribution < 1.29 is 9.53 Å². The largest absolute Gasteiger partial charge is 0.379 e. The molecular formula is C11H15N3O2. The molecule has 0 aliphatic carbocycles. The van der Waals surface area contributed by atoms with E-state index in [1.165, 1.54) is 0 Å². The highest BCUT2D eigenvalue weighted by atomic mass is 16.5. The highest BCUT2D eigenvalue weighted by molar-refractivity contribution is 5.98. The number of aromatic nitrogens is 1. The van der Waals surface area contributed by atoms with Gasteiger partial charge in [-0.3, -0.25) is 4.79 Å². The van der Waals surface area contributed by atoms with Crippen LogP contribution in [0.15, 0.2) is 18.3 Å². The van der Waals surface area contributed by atoms with Gasteiger partial charge in [0.1, 0.15) is 5.82 Å². The maximum atomic E-state index is 11.9. The van der Waals surface area contributed by atoms with Crippen LogP contribution < -0.4 is 10.6 Å².